The van der Waals surface area contributed by atoms with E-state index in [9.17, 15) is 8.42 Å². The maximum Gasteiger partial charge on any atom is 0.280 e. The summed E-state index contributed by atoms with van der Waals surface area (Å²) in [6.07, 6.45) is 0. The predicted octanol–water partition coefficient (Wildman–Crippen LogP) is 1.32. The normalized spacial score (nSPS) is 16.2. The van der Waals surface area contributed by atoms with E-state index >= 15 is 0 Å². The maximum absolute atomic E-state index is 11.1. The van der Waals surface area contributed by atoms with Crippen molar-refractivity contribution in [3.63, 3.8) is 0 Å². The van der Waals surface area contributed by atoms with Gasteiger partial charge in [-0.3, -0.25) is 0 Å². The number of hydrogen-bond acceptors (Lipinski definition) is 2. The molecule has 0 spiro atoms. The van der Waals surface area contributed by atoms with Crippen molar-refractivity contribution in [3.8, 4) is 0 Å². The summed E-state index contributed by atoms with van der Waals surface area (Å²) in [5.41, 5.74) is -1.31. The highest BCUT2D eigenvalue weighted by atomic mass is 35.6. The number of nitrogens with one attached hydrogen (secondary N) is 1. The number of halogens is 4. The van der Waals surface area contributed by atoms with Crippen LogP contribution in [-0.4, -0.2) is 36.1 Å². The van der Waals surface area contributed by atoms with Gasteiger partial charge in [0.25, 0.3) is 10.2 Å². The van der Waals surface area contributed by atoms with Gasteiger partial charge in [0.2, 0.25) is 3.79 Å². The van der Waals surface area contributed by atoms with Crippen molar-refractivity contribution in [2.24, 2.45) is 0 Å². The molecule has 1 atom stereocenters. The lowest BCUT2D eigenvalue weighted by Crippen LogP contribution is -2.44. The first kappa shape index (κ1) is 14.0. The summed E-state index contributed by atoms with van der Waals surface area (Å²) < 4.78 is 23.3. The van der Waals surface area contributed by atoms with E-state index in [0.29, 0.717) is 0 Å². The zero-order valence-electron chi connectivity index (χ0n) is 6.76. The Kier molecular flexibility index (Phi) is 5.07. The Labute approximate surface area is 97.3 Å². The Morgan fingerprint density at radius 3 is 1.92 bits per heavy atom. The molecule has 0 radical (unpaired) electrons. The lowest BCUT2D eigenvalue weighted by molar-refractivity contribution is 0.502. The van der Waals surface area contributed by atoms with Crippen LogP contribution in [0.5, 0.6) is 0 Å². The Hall–Kier alpha value is 1.03. The largest absolute Gasteiger partial charge is 0.280 e. The van der Waals surface area contributed by atoms with Gasteiger partial charge in [-0.25, -0.2) is 0 Å². The number of rotatable bonds is 3. The Balaban J connectivity index is 4.48. The summed E-state index contributed by atoms with van der Waals surface area (Å²) in [7, 11) is -1.04. The lowest BCUT2D eigenvalue weighted by Gasteiger charge is -2.21. The van der Waals surface area contributed by atoms with E-state index in [1.807, 2.05) is 4.72 Å². The van der Waals surface area contributed by atoms with Crippen LogP contribution in [0.4, 0.5) is 0 Å². The third-order valence-electron chi connectivity index (χ3n) is 1.02. The second kappa shape index (κ2) is 4.70. The third-order valence-corrected chi connectivity index (χ3v) is 4.07. The number of alkyl halides is 4. The molecule has 0 heterocycles. The zero-order valence-corrected chi connectivity index (χ0v) is 10.6. The third kappa shape index (κ3) is 4.88. The van der Waals surface area contributed by atoms with Crippen LogP contribution in [0.1, 0.15) is 0 Å². The fourth-order valence-electron chi connectivity index (χ4n) is 0.303. The molecule has 1 unspecified atom stereocenters. The van der Waals surface area contributed by atoms with E-state index in [4.69, 9.17) is 46.4 Å². The molecule has 0 bridgehead atoms. The maximum atomic E-state index is 11.1. The highest BCUT2D eigenvalue weighted by Gasteiger charge is 2.34. The minimum absolute atomic E-state index is 0.915. The summed E-state index contributed by atoms with van der Waals surface area (Å²) in [5.74, 6) is 0. The summed E-state index contributed by atoms with van der Waals surface area (Å²) >= 11 is 21.5. The predicted molar refractivity (Wildman–Crippen MR) is 55.7 cm³/mol. The molecule has 0 aliphatic heterocycles. The molecule has 1 N–H and O–H groups in total. The zero-order chi connectivity index (χ0) is 10.9. The molecule has 0 aromatic carbocycles. The standard InChI is InChI=1S/C4H8Cl4N2O2S/c1-10(2)13(11,12)9-3(5)4(6,7)8/h3,9H,1-2H3. The first-order chi connectivity index (χ1) is 5.57. The minimum Gasteiger partial charge on any atom is -0.195 e. The van der Waals surface area contributed by atoms with Crippen LogP contribution in [0.15, 0.2) is 0 Å². The van der Waals surface area contributed by atoms with E-state index in [1.54, 1.807) is 0 Å². The molecule has 0 rings (SSSR count). The van der Waals surface area contributed by atoms with Crippen molar-refractivity contribution < 1.29 is 8.42 Å². The van der Waals surface area contributed by atoms with Crippen molar-refractivity contribution in [2.75, 3.05) is 14.1 Å². The smallest absolute Gasteiger partial charge is 0.195 e. The van der Waals surface area contributed by atoms with Gasteiger partial charge >= 0.3 is 0 Å². The number of nitrogens with zero attached hydrogens (tertiary/aromatic N) is 1. The average molecular weight is 290 g/mol. The fourth-order valence-corrected chi connectivity index (χ4v) is 1.65. The second-order valence-electron chi connectivity index (χ2n) is 2.31. The van der Waals surface area contributed by atoms with Gasteiger partial charge in [0.1, 0.15) is 5.50 Å². The van der Waals surface area contributed by atoms with E-state index < -0.39 is 19.5 Å². The molecule has 0 saturated heterocycles. The van der Waals surface area contributed by atoms with Gasteiger partial charge in [-0.15, -0.1) is 11.6 Å². The lowest BCUT2D eigenvalue weighted by atomic mass is 10.8. The van der Waals surface area contributed by atoms with Crippen molar-refractivity contribution in [3.05, 3.63) is 0 Å². The van der Waals surface area contributed by atoms with Crippen LogP contribution in [0.25, 0.3) is 0 Å². The van der Waals surface area contributed by atoms with E-state index in [0.717, 1.165) is 4.31 Å². The Morgan fingerprint density at radius 1 is 1.31 bits per heavy atom. The van der Waals surface area contributed by atoms with Crippen LogP contribution in [0.2, 0.25) is 0 Å². The van der Waals surface area contributed by atoms with Crippen molar-refractivity contribution >= 4 is 56.6 Å². The Morgan fingerprint density at radius 2 is 1.69 bits per heavy atom. The van der Waals surface area contributed by atoms with Gasteiger partial charge in [-0.2, -0.15) is 17.4 Å². The summed E-state index contributed by atoms with van der Waals surface area (Å²) in [6, 6.07) is 0. The monoisotopic (exact) mass is 288 g/mol. The highest BCUT2D eigenvalue weighted by Crippen LogP contribution is 2.32. The summed E-state index contributed by atoms with van der Waals surface area (Å²) in [5, 5.41) is 0. The van der Waals surface area contributed by atoms with Gasteiger partial charge in [-0.05, 0) is 0 Å². The molecule has 0 aromatic heterocycles. The first-order valence-corrected chi connectivity index (χ1v) is 5.99. The van der Waals surface area contributed by atoms with Crippen LogP contribution >= 0.6 is 46.4 Å². The molecule has 0 amide bonds. The van der Waals surface area contributed by atoms with Crippen LogP contribution in [0, 0.1) is 0 Å². The van der Waals surface area contributed by atoms with E-state index in [2.05, 4.69) is 0 Å². The first-order valence-electron chi connectivity index (χ1n) is 2.98. The molecule has 0 fully saturated rings. The molecule has 0 aliphatic carbocycles. The van der Waals surface area contributed by atoms with E-state index in [1.165, 1.54) is 14.1 Å². The van der Waals surface area contributed by atoms with Gasteiger partial charge < -0.3 is 0 Å². The fraction of sp³-hybridized carbons (Fsp3) is 1.00. The molecular formula is C4H8Cl4N2O2S. The van der Waals surface area contributed by atoms with Crippen LogP contribution in [-0.2, 0) is 10.2 Å². The van der Waals surface area contributed by atoms with Crippen LogP contribution in [0.3, 0.4) is 0 Å². The molecule has 0 saturated carbocycles. The molecular weight excluding hydrogens is 282 g/mol. The second-order valence-corrected chi connectivity index (χ2v) is 7.03. The SMILES string of the molecule is CN(C)S(=O)(=O)NC(Cl)C(Cl)(Cl)Cl. The van der Waals surface area contributed by atoms with Gasteiger partial charge in [-0.1, -0.05) is 34.8 Å². The Bertz CT molecular complexity index is 260. The van der Waals surface area contributed by atoms with Gasteiger partial charge in [0.05, 0.1) is 0 Å². The number of hydrogen-bond donors (Lipinski definition) is 1. The summed E-state index contributed by atoms with van der Waals surface area (Å²) in [4.78, 5) is 0. The molecule has 13 heavy (non-hydrogen) atoms. The molecule has 4 nitrogen and oxygen atoms in total. The van der Waals surface area contributed by atoms with Gasteiger partial charge in [0, 0.05) is 14.1 Å². The minimum atomic E-state index is -3.68. The van der Waals surface area contributed by atoms with Crippen molar-refractivity contribution in [1.82, 2.24) is 9.03 Å². The van der Waals surface area contributed by atoms with Crippen molar-refractivity contribution in [1.29, 1.82) is 0 Å². The highest BCUT2D eigenvalue weighted by molar-refractivity contribution is 7.87. The summed E-state index contributed by atoms with van der Waals surface area (Å²) in [6.45, 7) is 0. The topological polar surface area (TPSA) is 49.4 Å². The van der Waals surface area contributed by atoms with E-state index in [-0.39, 0.29) is 0 Å². The average Bonchev–Trinajstić information content (AvgIpc) is 1.83. The molecule has 80 valence electrons. The molecule has 0 aromatic rings. The van der Waals surface area contributed by atoms with Crippen molar-refractivity contribution in [2.45, 2.75) is 9.29 Å². The quantitative estimate of drug-likeness (QED) is 0.629. The molecule has 9 heteroatoms. The molecule has 0 aliphatic rings. The van der Waals surface area contributed by atoms with Gasteiger partial charge in [0.15, 0.2) is 0 Å². The van der Waals surface area contributed by atoms with Crippen LogP contribution < -0.4 is 4.72 Å².